The molecule has 0 saturated carbocycles. The zero-order valence-electron chi connectivity index (χ0n) is 19.5. The summed E-state index contributed by atoms with van der Waals surface area (Å²) >= 11 is 6.72. The van der Waals surface area contributed by atoms with Crippen molar-refractivity contribution in [1.82, 2.24) is 10.9 Å². The summed E-state index contributed by atoms with van der Waals surface area (Å²) in [5.74, 6) is -1.62. The van der Waals surface area contributed by atoms with E-state index >= 15 is 0 Å². The smallest absolute Gasteiger partial charge is 0.276 e. The first-order chi connectivity index (χ1) is 18.3. The fourth-order valence-electron chi connectivity index (χ4n) is 3.90. The Balaban J connectivity index is 1.16. The Morgan fingerprint density at radius 3 is 1.82 bits per heavy atom. The molecule has 3 aromatic rings. The van der Waals surface area contributed by atoms with Gasteiger partial charge in [0.05, 0.1) is 11.4 Å². The van der Waals surface area contributed by atoms with Crippen LogP contribution in [0.1, 0.15) is 33.5 Å². The van der Waals surface area contributed by atoms with E-state index in [0.29, 0.717) is 34.5 Å². The minimum absolute atomic E-state index is 0.118. The number of amides is 4. The number of carbonyl (C=O) groups is 4. The molecule has 0 fully saturated rings. The van der Waals surface area contributed by atoms with E-state index in [0.717, 1.165) is 14.5 Å². The highest BCUT2D eigenvalue weighted by Crippen LogP contribution is 2.27. The minimum atomic E-state index is -0.476. The van der Waals surface area contributed by atoms with E-state index in [4.69, 9.17) is 0 Å². The van der Waals surface area contributed by atoms with Gasteiger partial charge in [0.1, 0.15) is 0 Å². The number of hydrazone groups is 2. The molecule has 2 aliphatic heterocycles. The van der Waals surface area contributed by atoms with Crippen molar-refractivity contribution in [3.8, 4) is 0 Å². The highest BCUT2D eigenvalue weighted by Gasteiger charge is 2.27. The molecule has 0 aromatic heterocycles. The van der Waals surface area contributed by atoms with Crippen LogP contribution in [0.25, 0.3) is 0 Å². The Labute approximate surface area is 233 Å². The lowest BCUT2D eigenvalue weighted by molar-refractivity contribution is -0.121. The molecular weight excluding hydrogens is 620 g/mol. The maximum absolute atomic E-state index is 12.5. The number of aryl methyl sites for hydroxylation is 1. The summed E-state index contributed by atoms with van der Waals surface area (Å²) in [6, 6.07) is 17.3. The highest BCUT2D eigenvalue weighted by atomic mass is 79.9. The van der Waals surface area contributed by atoms with Gasteiger partial charge in [-0.1, -0.05) is 44.0 Å². The molecule has 0 aliphatic carbocycles. The average Bonchev–Trinajstić information content (AvgIpc) is 3.38. The van der Waals surface area contributed by atoms with Crippen LogP contribution in [0, 0.1) is 0 Å². The number of halogens is 2. The van der Waals surface area contributed by atoms with Gasteiger partial charge in [-0.3, -0.25) is 19.2 Å². The van der Waals surface area contributed by atoms with Gasteiger partial charge in [-0.2, -0.15) is 10.2 Å². The first kappa shape index (κ1) is 25.5. The largest absolute Gasteiger partial charge is 0.320 e. The van der Waals surface area contributed by atoms with Gasteiger partial charge in [-0.05, 0) is 60.5 Å². The number of carbonyl (C=O) groups excluding carboxylic acids is 4. The molecule has 0 atom stereocenters. The second-order valence-corrected chi connectivity index (χ2v) is 10.2. The summed E-state index contributed by atoms with van der Waals surface area (Å²) in [5.41, 5.74) is 8.73. The predicted octanol–water partition coefficient (Wildman–Crippen LogP) is 3.70. The maximum atomic E-state index is 12.5. The molecule has 0 saturated heterocycles. The Morgan fingerprint density at radius 1 is 0.737 bits per heavy atom. The first-order valence-corrected chi connectivity index (χ1v) is 12.9. The standard InChI is InChI=1S/C26H18Br2N6O4/c27-15-6-8-19-17(11-15)22(25(37)29-19)32-31-21(35)10-3-13-1-4-14(5-2-13)24(36)34-33-23-18-12-16(28)7-9-20(18)30-26(23)38/h1-2,4-9,11-12H,3,10H2,(H,31,35)(H,34,36)(H,29,32,37)(H,30,33,38). The van der Waals surface area contributed by atoms with Crippen LogP contribution < -0.4 is 21.5 Å². The molecule has 38 heavy (non-hydrogen) atoms. The summed E-state index contributed by atoms with van der Waals surface area (Å²) < 4.78 is 1.57. The molecule has 0 radical (unpaired) electrons. The number of hydrogen-bond acceptors (Lipinski definition) is 6. The van der Waals surface area contributed by atoms with Crippen molar-refractivity contribution in [2.45, 2.75) is 12.8 Å². The van der Waals surface area contributed by atoms with Crippen molar-refractivity contribution in [3.63, 3.8) is 0 Å². The number of nitrogens with one attached hydrogen (secondary N) is 4. The summed E-state index contributed by atoms with van der Waals surface area (Å²) in [4.78, 5) is 49.2. The third-order valence-corrected chi connectivity index (χ3v) is 6.81. The zero-order chi connectivity index (χ0) is 26.8. The second kappa shape index (κ2) is 10.7. The molecule has 10 nitrogen and oxygen atoms in total. The van der Waals surface area contributed by atoms with Gasteiger partial charge in [0, 0.05) is 32.1 Å². The second-order valence-electron chi connectivity index (χ2n) is 8.38. The van der Waals surface area contributed by atoms with Crippen molar-refractivity contribution in [3.05, 3.63) is 91.9 Å². The summed E-state index contributed by atoms with van der Waals surface area (Å²) in [6.07, 6.45) is 0.536. The van der Waals surface area contributed by atoms with Gasteiger partial charge < -0.3 is 10.6 Å². The molecule has 0 unspecified atom stereocenters. The van der Waals surface area contributed by atoms with Crippen molar-refractivity contribution in [2.75, 3.05) is 10.6 Å². The number of fused-ring (bicyclic) bond motifs is 2. The lowest BCUT2D eigenvalue weighted by atomic mass is 10.1. The van der Waals surface area contributed by atoms with Gasteiger partial charge in [0.15, 0.2) is 11.4 Å². The SMILES string of the molecule is O=C(CCc1ccc(C(=O)N/N=C2/C(=O)Nc3ccc(Br)cc32)cc1)N/N=C1\C(=O)Nc2ccc(Br)cc21. The lowest BCUT2D eigenvalue weighted by Crippen LogP contribution is -2.24. The number of benzene rings is 3. The molecule has 0 spiro atoms. The van der Waals surface area contributed by atoms with Crippen LogP contribution in [-0.4, -0.2) is 35.1 Å². The molecule has 0 bridgehead atoms. The topological polar surface area (TPSA) is 141 Å². The van der Waals surface area contributed by atoms with E-state index in [-0.39, 0.29) is 29.7 Å². The van der Waals surface area contributed by atoms with Crippen LogP contribution in [0.5, 0.6) is 0 Å². The summed E-state index contributed by atoms with van der Waals surface area (Å²) in [7, 11) is 0. The number of nitrogens with zero attached hydrogens (tertiary/aromatic N) is 2. The lowest BCUT2D eigenvalue weighted by Gasteiger charge is -2.05. The molecule has 2 heterocycles. The normalized spacial score (nSPS) is 15.6. The molecule has 190 valence electrons. The Bertz CT molecular complexity index is 1570. The van der Waals surface area contributed by atoms with Crippen molar-refractivity contribution >= 4 is 78.3 Å². The number of hydrogen-bond donors (Lipinski definition) is 4. The quantitative estimate of drug-likeness (QED) is 0.306. The average molecular weight is 638 g/mol. The molecule has 4 N–H and O–H groups in total. The summed E-state index contributed by atoms with van der Waals surface area (Å²) in [6.45, 7) is 0. The van der Waals surface area contributed by atoms with E-state index in [1.165, 1.54) is 0 Å². The molecular formula is C26H18Br2N6O4. The van der Waals surface area contributed by atoms with E-state index in [2.05, 4.69) is 63.5 Å². The van der Waals surface area contributed by atoms with Gasteiger partial charge in [0.25, 0.3) is 17.7 Å². The fourth-order valence-corrected chi connectivity index (χ4v) is 4.62. The first-order valence-electron chi connectivity index (χ1n) is 11.3. The van der Waals surface area contributed by atoms with Crippen LogP contribution in [0.2, 0.25) is 0 Å². The Hall–Kier alpha value is -4.16. The van der Waals surface area contributed by atoms with Crippen LogP contribution in [0.15, 0.2) is 79.8 Å². The maximum Gasteiger partial charge on any atom is 0.276 e. The van der Waals surface area contributed by atoms with Crippen molar-refractivity contribution in [1.29, 1.82) is 0 Å². The van der Waals surface area contributed by atoms with Crippen molar-refractivity contribution < 1.29 is 19.2 Å². The molecule has 2 aliphatic rings. The highest BCUT2D eigenvalue weighted by molar-refractivity contribution is 9.10. The Kier molecular flexibility index (Phi) is 7.16. The van der Waals surface area contributed by atoms with Gasteiger partial charge in [0.2, 0.25) is 5.91 Å². The number of anilines is 2. The number of rotatable bonds is 6. The van der Waals surface area contributed by atoms with E-state index < -0.39 is 11.8 Å². The van der Waals surface area contributed by atoms with Crippen LogP contribution in [0.3, 0.4) is 0 Å². The molecule has 12 heteroatoms. The van der Waals surface area contributed by atoms with Gasteiger partial charge >= 0.3 is 0 Å². The van der Waals surface area contributed by atoms with Gasteiger partial charge in [-0.15, -0.1) is 0 Å². The summed E-state index contributed by atoms with van der Waals surface area (Å²) in [5, 5.41) is 13.4. The monoisotopic (exact) mass is 636 g/mol. The molecule has 4 amide bonds. The third-order valence-electron chi connectivity index (χ3n) is 5.82. The van der Waals surface area contributed by atoms with Crippen LogP contribution in [0.4, 0.5) is 11.4 Å². The minimum Gasteiger partial charge on any atom is -0.320 e. The van der Waals surface area contributed by atoms with Crippen molar-refractivity contribution in [2.24, 2.45) is 10.2 Å². The molecule has 5 rings (SSSR count). The molecule has 3 aromatic carbocycles. The van der Waals surface area contributed by atoms with Crippen LogP contribution in [-0.2, 0) is 20.8 Å². The third kappa shape index (κ3) is 5.41. The Morgan fingerprint density at radius 2 is 1.26 bits per heavy atom. The van der Waals surface area contributed by atoms with Gasteiger partial charge in [-0.25, -0.2) is 10.9 Å². The predicted molar refractivity (Wildman–Crippen MR) is 149 cm³/mol. The van der Waals surface area contributed by atoms with E-state index in [1.807, 2.05) is 0 Å². The van der Waals surface area contributed by atoms with Crippen LogP contribution >= 0.6 is 31.9 Å². The zero-order valence-corrected chi connectivity index (χ0v) is 22.6. The fraction of sp³-hybridized carbons (Fsp3) is 0.0769. The van der Waals surface area contributed by atoms with E-state index in [1.54, 1.807) is 60.7 Å². The van der Waals surface area contributed by atoms with E-state index in [9.17, 15) is 19.2 Å².